The van der Waals surface area contributed by atoms with E-state index in [1.165, 1.54) is 0 Å². The van der Waals surface area contributed by atoms with Gasteiger partial charge in [0.25, 0.3) is 5.91 Å². The van der Waals surface area contributed by atoms with Crippen molar-refractivity contribution in [3.05, 3.63) is 29.3 Å². The second kappa shape index (κ2) is 7.43. The van der Waals surface area contributed by atoms with Crippen LogP contribution in [0.25, 0.3) is 0 Å². The number of hydrogen-bond donors (Lipinski definition) is 2. The average molecular weight is 292 g/mol. The summed E-state index contributed by atoms with van der Waals surface area (Å²) in [6.45, 7) is 4.59. The summed E-state index contributed by atoms with van der Waals surface area (Å²) in [5.74, 6) is -0.102. The van der Waals surface area contributed by atoms with Crippen molar-refractivity contribution < 1.29 is 14.6 Å². The number of methoxy groups -OCH3 is 1. The first-order valence-electron chi connectivity index (χ1n) is 7.43. The lowest BCUT2D eigenvalue weighted by atomic mass is 10.1. The molecule has 1 aromatic rings. The van der Waals surface area contributed by atoms with E-state index >= 15 is 0 Å². The fraction of sp³-hybridized carbons (Fsp3) is 0.562. The first-order valence-corrected chi connectivity index (χ1v) is 7.43. The van der Waals surface area contributed by atoms with Crippen LogP contribution in [0, 0.1) is 6.92 Å². The Bertz CT molecular complexity index is 484. The van der Waals surface area contributed by atoms with Crippen molar-refractivity contribution in [3.8, 4) is 5.75 Å². The Labute approximate surface area is 125 Å². The number of amides is 1. The van der Waals surface area contributed by atoms with Crippen LogP contribution in [0.5, 0.6) is 5.75 Å². The Morgan fingerprint density at radius 3 is 3.00 bits per heavy atom. The van der Waals surface area contributed by atoms with Gasteiger partial charge in [0.15, 0.2) is 0 Å². The molecule has 116 valence electrons. The van der Waals surface area contributed by atoms with E-state index in [-0.39, 0.29) is 11.7 Å². The average Bonchev–Trinajstić information content (AvgIpc) is 2.98. The molecule has 1 unspecified atom stereocenters. The molecule has 1 atom stereocenters. The highest BCUT2D eigenvalue weighted by atomic mass is 16.5. The predicted octanol–water partition coefficient (Wildman–Crippen LogP) is 1.54. The topological polar surface area (TPSA) is 61.8 Å². The fourth-order valence-electron chi connectivity index (χ4n) is 2.65. The Balaban J connectivity index is 2.13. The highest BCUT2D eigenvalue weighted by molar-refractivity contribution is 5.97. The molecule has 1 aliphatic rings. The number of phenols is 1. The molecule has 0 bridgehead atoms. The standard InChI is InChI=1S/C16H24N2O3/c1-12-5-6-15(19)14(10-12)16(20)18(8-9-21-2)11-13-4-3-7-17-13/h5-6,10,13,17,19H,3-4,7-9,11H2,1-2H3. The third-order valence-electron chi connectivity index (χ3n) is 3.84. The van der Waals surface area contributed by atoms with Crippen LogP contribution in [0.15, 0.2) is 18.2 Å². The number of hydrogen-bond acceptors (Lipinski definition) is 4. The normalized spacial score (nSPS) is 17.9. The molecule has 0 aromatic heterocycles. The van der Waals surface area contributed by atoms with Gasteiger partial charge in [0.2, 0.25) is 0 Å². The van der Waals surface area contributed by atoms with Crippen molar-refractivity contribution >= 4 is 5.91 Å². The summed E-state index contributed by atoms with van der Waals surface area (Å²) < 4.78 is 5.10. The minimum absolute atomic E-state index is 0.0346. The number of benzene rings is 1. The molecule has 1 fully saturated rings. The Kier molecular flexibility index (Phi) is 5.59. The van der Waals surface area contributed by atoms with Gasteiger partial charge < -0.3 is 20.1 Å². The highest BCUT2D eigenvalue weighted by Crippen LogP contribution is 2.21. The number of rotatable bonds is 6. The van der Waals surface area contributed by atoms with Crippen molar-refractivity contribution in [1.29, 1.82) is 0 Å². The van der Waals surface area contributed by atoms with E-state index < -0.39 is 0 Å². The van der Waals surface area contributed by atoms with Gasteiger partial charge in [0.1, 0.15) is 5.75 Å². The second-order valence-corrected chi connectivity index (χ2v) is 5.56. The van der Waals surface area contributed by atoms with Crippen LogP contribution in [0.2, 0.25) is 0 Å². The van der Waals surface area contributed by atoms with E-state index in [9.17, 15) is 9.90 Å². The molecule has 21 heavy (non-hydrogen) atoms. The number of nitrogens with one attached hydrogen (secondary N) is 1. The second-order valence-electron chi connectivity index (χ2n) is 5.56. The van der Waals surface area contributed by atoms with Gasteiger partial charge >= 0.3 is 0 Å². The zero-order valence-corrected chi connectivity index (χ0v) is 12.8. The number of aryl methyl sites for hydroxylation is 1. The van der Waals surface area contributed by atoms with Gasteiger partial charge in [-0.15, -0.1) is 0 Å². The molecular formula is C16H24N2O3. The van der Waals surface area contributed by atoms with Crippen molar-refractivity contribution in [3.63, 3.8) is 0 Å². The van der Waals surface area contributed by atoms with Crippen molar-refractivity contribution in [2.75, 3.05) is 33.4 Å². The Hall–Kier alpha value is -1.59. The third kappa shape index (κ3) is 4.19. The van der Waals surface area contributed by atoms with Crippen LogP contribution in [0.1, 0.15) is 28.8 Å². The maximum Gasteiger partial charge on any atom is 0.257 e. The molecule has 0 saturated carbocycles. The quantitative estimate of drug-likeness (QED) is 0.835. The first kappa shape index (κ1) is 15.8. The molecule has 1 aromatic carbocycles. The lowest BCUT2D eigenvalue weighted by molar-refractivity contribution is 0.0676. The number of carbonyl (C=O) groups is 1. The smallest absolute Gasteiger partial charge is 0.257 e. The van der Waals surface area contributed by atoms with Crippen LogP contribution < -0.4 is 5.32 Å². The number of ether oxygens (including phenoxy) is 1. The minimum Gasteiger partial charge on any atom is -0.507 e. The van der Waals surface area contributed by atoms with Gasteiger partial charge in [0, 0.05) is 26.2 Å². The minimum atomic E-state index is -0.137. The van der Waals surface area contributed by atoms with Gasteiger partial charge in [-0.25, -0.2) is 0 Å². The number of carbonyl (C=O) groups excluding carboxylic acids is 1. The van der Waals surface area contributed by atoms with Crippen LogP contribution in [0.4, 0.5) is 0 Å². The van der Waals surface area contributed by atoms with E-state index in [1.54, 1.807) is 30.2 Å². The summed E-state index contributed by atoms with van der Waals surface area (Å²) in [7, 11) is 1.63. The molecule has 0 aliphatic carbocycles. The highest BCUT2D eigenvalue weighted by Gasteiger charge is 2.24. The summed E-state index contributed by atoms with van der Waals surface area (Å²) >= 11 is 0. The molecule has 2 rings (SSSR count). The number of nitrogens with zero attached hydrogens (tertiary/aromatic N) is 1. The monoisotopic (exact) mass is 292 g/mol. The van der Waals surface area contributed by atoms with Gasteiger partial charge in [-0.05, 0) is 38.4 Å². The third-order valence-corrected chi connectivity index (χ3v) is 3.84. The molecule has 5 nitrogen and oxygen atoms in total. The lowest BCUT2D eigenvalue weighted by Crippen LogP contribution is -2.42. The van der Waals surface area contributed by atoms with Crippen LogP contribution >= 0.6 is 0 Å². The first-order chi connectivity index (χ1) is 10.1. The molecule has 1 amide bonds. The summed E-state index contributed by atoms with van der Waals surface area (Å²) in [4.78, 5) is 14.5. The van der Waals surface area contributed by atoms with Crippen LogP contribution in [0.3, 0.4) is 0 Å². The molecule has 1 aliphatic heterocycles. The van der Waals surface area contributed by atoms with E-state index in [0.717, 1.165) is 24.9 Å². The fourth-order valence-corrected chi connectivity index (χ4v) is 2.65. The molecule has 5 heteroatoms. The maximum absolute atomic E-state index is 12.7. The summed E-state index contributed by atoms with van der Waals surface area (Å²) in [5.41, 5.74) is 1.32. The van der Waals surface area contributed by atoms with Gasteiger partial charge in [-0.3, -0.25) is 4.79 Å². The predicted molar refractivity (Wildman–Crippen MR) is 81.6 cm³/mol. The van der Waals surface area contributed by atoms with Crippen LogP contribution in [-0.2, 0) is 4.74 Å². The molecule has 0 spiro atoms. The van der Waals surface area contributed by atoms with Crippen LogP contribution in [-0.4, -0.2) is 55.3 Å². The van der Waals surface area contributed by atoms with Crippen molar-refractivity contribution in [1.82, 2.24) is 10.2 Å². The van der Waals surface area contributed by atoms with Crippen molar-refractivity contribution in [2.45, 2.75) is 25.8 Å². The maximum atomic E-state index is 12.7. The SMILES string of the molecule is COCCN(CC1CCCN1)C(=O)c1cc(C)ccc1O. The van der Waals surface area contributed by atoms with Gasteiger partial charge in [-0.2, -0.15) is 0 Å². The van der Waals surface area contributed by atoms with E-state index in [0.29, 0.717) is 31.3 Å². The molecule has 1 saturated heterocycles. The van der Waals surface area contributed by atoms with Gasteiger partial charge in [0.05, 0.1) is 12.2 Å². The Morgan fingerprint density at radius 1 is 1.52 bits per heavy atom. The van der Waals surface area contributed by atoms with E-state index in [2.05, 4.69) is 5.32 Å². The summed E-state index contributed by atoms with van der Waals surface area (Å²) in [6.07, 6.45) is 2.23. The molecule has 1 heterocycles. The zero-order valence-electron chi connectivity index (χ0n) is 12.8. The van der Waals surface area contributed by atoms with Gasteiger partial charge in [-0.1, -0.05) is 11.6 Å². The van der Waals surface area contributed by atoms with E-state index in [1.807, 2.05) is 6.92 Å². The molecule has 2 N–H and O–H groups in total. The van der Waals surface area contributed by atoms with Crippen molar-refractivity contribution in [2.24, 2.45) is 0 Å². The summed E-state index contributed by atoms with van der Waals surface area (Å²) in [6, 6.07) is 5.44. The number of aromatic hydroxyl groups is 1. The van der Waals surface area contributed by atoms with E-state index in [4.69, 9.17) is 4.74 Å². The zero-order chi connectivity index (χ0) is 15.2. The lowest BCUT2D eigenvalue weighted by Gasteiger charge is -2.26. The Morgan fingerprint density at radius 2 is 2.33 bits per heavy atom. The molecular weight excluding hydrogens is 268 g/mol. The largest absolute Gasteiger partial charge is 0.507 e. The molecule has 0 radical (unpaired) electrons. The summed E-state index contributed by atoms with van der Waals surface area (Å²) in [5, 5.41) is 13.3. The number of phenolic OH excluding ortho intramolecular Hbond substituents is 1.